The van der Waals surface area contributed by atoms with Crippen LogP contribution < -0.4 is 5.32 Å². The van der Waals surface area contributed by atoms with Crippen molar-refractivity contribution in [2.24, 2.45) is 0 Å². The molecule has 0 radical (unpaired) electrons. The van der Waals surface area contributed by atoms with E-state index in [0.29, 0.717) is 19.3 Å². The Bertz CT molecular complexity index is 1080. The monoisotopic (exact) mass is 1000 g/mol. The fraction of sp³-hybridized carbons (Fsp3) is 0.923. The lowest BCUT2D eigenvalue weighted by Gasteiger charge is -2.27. The van der Waals surface area contributed by atoms with Gasteiger partial charge < -0.3 is 25.7 Å². The minimum atomic E-state index is -1.29. The summed E-state index contributed by atoms with van der Waals surface area (Å²) in [4.78, 5) is 12.6. The second-order valence-electron chi connectivity index (χ2n) is 22.5. The van der Waals surface area contributed by atoms with Crippen molar-refractivity contribution in [3.8, 4) is 0 Å². The number of carbonyl (C=O) groups is 1. The highest BCUT2D eigenvalue weighted by Gasteiger charge is 2.28. The summed E-state index contributed by atoms with van der Waals surface area (Å²) in [6.07, 6.45) is 74.3. The van der Waals surface area contributed by atoms with Crippen LogP contribution in [-0.2, 0) is 4.79 Å². The number of nitrogens with one attached hydrogen (secondary N) is 1. The molecule has 1 amide bonds. The van der Waals surface area contributed by atoms with Gasteiger partial charge in [0.05, 0.1) is 18.8 Å². The van der Waals surface area contributed by atoms with Crippen LogP contribution in [0.3, 0.4) is 0 Å². The molecule has 0 aliphatic heterocycles. The Balaban J connectivity index is 3.56. The zero-order valence-electron chi connectivity index (χ0n) is 48.0. The molecule has 0 rings (SSSR count). The second-order valence-corrected chi connectivity index (χ2v) is 22.5. The number of carbonyl (C=O) groups excluding carboxylic acids is 1. The van der Waals surface area contributed by atoms with Crippen LogP contribution in [0.5, 0.6) is 0 Å². The van der Waals surface area contributed by atoms with Crippen LogP contribution in [-0.4, -0.2) is 57.3 Å². The van der Waals surface area contributed by atoms with E-state index in [0.717, 1.165) is 38.5 Å². The molecule has 0 aliphatic rings. The molecular weight excluding hydrogens is 875 g/mol. The van der Waals surface area contributed by atoms with Crippen LogP contribution >= 0.6 is 0 Å². The number of hydrogen-bond acceptors (Lipinski definition) is 5. The summed E-state index contributed by atoms with van der Waals surface area (Å²) in [6.45, 7) is 4.08. The molecule has 0 bridgehead atoms. The average Bonchev–Trinajstić information content (AvgIpc) is 3.38. The molecule has 422 valence electrons. The van der Waals surface area contributed by atoms with Crippen molar-refractivity contribution < 1.29 is 25.2 Å². The van der Waals surface area contributed by atoms with E-state index in [-0.39, 0.29) is 0 Å². The topological polar surface area (TPSA) is 110 Å². The highest BCUT2D eigenvalue weighted by Crippen LogP contribution is 2.19. The summed E-state index contributed by atoms with van der Waals surface area (Å²) in [5, 5.41) is 44.0. The molecule has 0 aliphatic carbocycles. The summed E-state index contributed by atoms with van der Waals surface area (Å²) in [5.41, 5.74) is 0. The van der Waals surface area contributed by atoms with E-state index in [2.05, 4.69) is 43.5 Å². The van der Waals surface area contributed by atoms with Crippen molar-refractivity contribution in [2.75, 3.05) is 6.61 Å². The summed E-state index contributed by atoms with van der Waals surface area (Å²) in [5.74, 6) is -0.590. The van der Waals surface area contributed by atoms with Gasteiger partial charge in [0.25, 0.3) is 0 Å². The average molecular weight is 1000 g/mol. The first kappa shape index (κ1) is 69.8. The Labute approximate surface area is 444 Å². The quantitative estimate of drug-likeness (QED) is 0.0308. The van der Waals surface area contributed by atoms with Crippen LogP contribution in [0.1, 0.15) is 354 Å². The maximum Gasteiger partial charge on any atom is 0.249 e. The van der Waals surface area contributed by atoms with Gasteiger partial charge in [0.1, 0.15) is 12.2 Å². The summed E-state index contributed by atoms with van der Waals surface area (Å²) >= 11 is 0. The number of rotatable bonds is 60. The van der Waals surface area contributed by atoms with Gasteiger partial charge in [-0.3, -0.25) is 4.79 Å². The number of amides is 1. The highest BCUT2D eigenvalue weighted by atomic mass is 16.3. The molecule has 6 nitrogen and oxygen atoms in total. The Morgan fingerprint density at radius 3 is 0.887 bits per heavy atom. The minimum absolute atomic E-state index is 0.365. The third-order valence-electron chi connectivity index (χ3n) is 15.4. The Hall–Kier alpha value is -1.21. The first-order valence-corrected chi connectivity index (χ1v) is 32.2. The van der Waals surface area contributed by atoms with E-state index in [1.165, 1.54) is 283 Å². The molecule has 0 saturated carbocycles. The third kappa shape index (κ3) is 53.4. The fourth-order valence-corrected chi connectivity index (χ4v) is 10.4. The fourth-order valence-electron chi connectivity index (χ4n) is 10.4. The predicted octanol–water partition coefficient (Wildman–Crippen LogP) is 19.4. The van der Waals surface area contributed by atoms with Crippen molar-refractivity contribution in [2.45, 2.75) is 379 Å². The van der Waals surface area contributed by atoms with Gasteiger partial charge in [-0.1, -0.05) is 327 Å². The zero-order valence-corrected chi connectivity index (χ0v) is 48.0. The summed E-state index contributed by atoms with van der Waals surface area (Å²) < 4.78 is 0. The van der Waals surface area contributed by atoms with Crippen LogP contribution in [0.4, 0.5) is 0 Å². The zero-order chi connectivity index (χ0) is 51.6. The predicted molar refractivity (Wildman–Crippen MR) is 311 cm³/mol. The van der Waals surface area contributed by atoms with Gasteiger partial charge >= 0.3 is 0 Å². The van der Waals surface area contributed by atoms with E-state index in [1.54, 1.807) is 0 Å². The van der Waals surface area contributed by atoms with E-state index in [4.69, 9.17) is 0 Å². The van der Waals surface area contributed by atoms with Crippen molar-refractivity contribution in [3.05, 3.63) is 24.3 Å². The van der Waals surface area contributed by atoms with Gasteiger partial charge in [0.2, 0.25) is 5.91 Å². The number of unbranched alkanes of at least 4 members (excludes halogenated alkanes) is 47. The summed E-state index contributed by atoms with van der Waals surface area (Å²) in [6, 6.07) is -1.01. The first-order valence-electron chi connectivity index (χ1n) is 32.2. The van der Waals surface area contributed by atoms with Gasteiger partial charge in [0, 0.05) is 0 Å². The van der Waals surface area contributed by atoms with Gasteiger partial charge in [-0.05, 0) is 51.4 Å². The van der Waals surface area contributed by atoms with Crippen molar-refractivity contribution in [1.82, 2.24) is 5.32 Å². The minimum Gasteiger partial charge on any atom is -0.394 e. The molecule has 0 aromatic rings. The molecule has 0 saturated heterocycles. The number of aliphatic hydroxyl groups is 4. The highest BCUT2D eigenvalue weighted by molar-refractivity contribution is 5.80. The van der Waals surface area contributed by atoms with Crippen LogP contribution in [0.15, 0.2) is 24.3 Å². The lowest BCUT2D eigenvalue weighted by molar-refractivity contribution is -0.132. The largest absolute Gasteiger partial charge is 0.394 e. The lowest BCUT2D eigenvalue weighted by Crippen LogP contribution is -2.53. The molecule has 71 heavy (non-hydrogen) atoms. The SMILES string of the molecule is CCCCCCCCCCCCCC/C=C/CC/C=C/CCCC(O)C(O)C(CO)NC(=O)C(O)CCCCCCCCCCCCCCCCCCCCCCCCCCCCCCCCCCCC. The first-order chi connectivity index (χ1) is 35.0. The molecule has 5 N–H and O–H groups in total. The maximum atomic E-state index is 12.6. The molecule has 0 aromatic carbocycles. The molecule has 4 atom stereocenters. The maximum absolute atomic E-state index is 12.6. The third-order valence-corrected chi connectivity index (χ3v) is 15.4. The van der Waals surface area contributed by atoms with Crippen LogP contribution in [0.2, 0.25) is 0 Å². The number of hydrogen-bond donors (Lipinski definition) is 5. The Morgan fingerprint density at radius 1 is 0.338 bits per heavy atom. The van der Waals surface area contributed by atoms with Crippen molar-refractivity contribution in [3.63, 3.8) is 0 Å². The molecule has 4 unspecified atom stereocenters. The van der Waals surface area contributed by atoms with Gasteiger partial charge in [0.15, 0.2) is 0 Å². The lowest BCUT2D eigenvalue weighted by atomic mass is 10.00. The summed E-state index contributed by atoms with van der Waals surface area (Å²) in [7, 11) is 0. The number of aliphatic hydroxyl groups excluding tert-OH is 4. The van der Waals surface area contributed by atoms with E-state index in [1.807, 2.05) is 0 Å². The number of allylic oxidation sites excluding steroid dienone is 4. The molecule has 0 aromatic heterocycles. The van der Waals surface area contributed by atoms with Gasteiger partial charge in [-0.2, -0.15) is 0 Å². The normalized spacial score (nSPS) is 13.7. The second kappa shape index (κ2) is 59.7. The van der Waals surface area contributed by atoms with E-state index < -0.39 is 36.9 Å². The molecule has 0 heterocycles. The van der Waals surface area contributed by atoms with Crippen molar-refractivity contribution in [1.29, 1.82) is 0 Å². The van der Waals surface area contributed by atoms with Crippen LogP contribution in [0.25, 0.3) is 0 Å². The molecular formula is C65H127NO5. The Kier molecular flexibility index (Phi) is 58.6. The van der Waals surface area contributed by atoms with Crippen LogP contribution in [0, 0.1) is 0 Å². The Morgan fingerprint density at radius 2 is 0.592 bits per heavy atom. The van der Waals surface area contributed by atoms with Gasteiger partial charge in [-0.25, -0.2) is 0 Å². The van der Waals surface area contributed by atoms with Crippen molar-refractivity contribution >= 4 is 5.91 Å². The molecule has 0 spiro atoms. The van der Waals surface area contributed by atoms with E-state index >= 15 is 0 Å². The van der Waals surface area contributed by atoms with E-state index in [9.17, 15) is 25.2 Å². The molecule has 6 heteroatoms. The van der Waals surface area contributed by atoms with Gasteiger partial charge in [-0.15, -0.1) is 0 Å². The smallest absolute Gasteiger partial charge is 0.249 e. The molecule has 0 fully saturated rings. The standard InChI is InChI=1S/C65H127NO5/c1-3-5-7-9-11-13-15-17-19-21-23-25-26-27-28-29-30-31-32-33-34-35-36-37-39-41-43-45-47-49-51-53-55-57-59-63(69)65(71)66-61(60-67)64(70)62(68)58-56-54-52-50-48-46-44-42-40-38-24-22-20-18-16-14-12-10-8-6-4-2/h42,44,50,52,61-64,67-70H,3-41,43,45-49,51,53-60H2,1-2H3,(H,66,71)/b44-42+,52-50+.